The molecule has 1 atom stereocenters. The van der Waals surface area contributed by atoms with E-state index in [1.165, 1.54) is 0 Å². The molecule has 0 aliphatic carbocycles. The van der Waals surface area contributed by atoms with Crippen molar-refractivity contribution in [3.05, 3.63) is 12.7 Å². The van der Waals surface area contributed by atoms with Crippen LogP contribution >= 0.6 is 0 Å². The largest absolute Gasteiger partial charge is 0.365 e. The van der Waals surface area contributed by atoms with Gasteiger partial charge in [0.05, 0.1) is 6.54 Å². The molecule has 0 spiro atoms. The van der Waals surface area contributed by atoms with Crippen molar-refractivity contribution >= 4 is 5.91 Å². The van der Waals surface area contributed by atoms with E-state index in [2.05, 4.69) is 15.0 Å². The molecule has 7 heteroatoms. The third-order valence-corrected chi connectivity index (χ3v) is 4.44. The highest BCUT2D eigenvalue weighted by Gasteiger charge is 2.41. The lowest BCUT2D eigenvalue weighted by Gasteiger charge is -2.38. The van der Waals surface area contributed by atoms with E-state index in [0.717, 1.165) is 52.1 Å². The fraction of sp³-hybridized carbons (Fsp3) is 0.786. The summed E-state index contributed by atoms with van der Waals surface area (Å²) in [6, 6.07) is 0. The number of carbonyl (C=O) groups excluding carboxylic acids is 1. The normalized spacial score (nSPS) is 27.2. The predicted octanol–water partition coefficient (Wildman–Crippen LogP) is -0.00860. The van der Waals surface area contributed by atoms with Crippen LogP contribution in [0.4, 0.5) is 0 Å². The Hall–Kier alpha value is -1.47. The molecule has 116 valence electrons. The lowest BCUT2D eigenvalue weighted by molar-refractivity contribution is -0.152. The van der Waals surface area contributed by atoms with Crippen LogP contribution in [0.5, 0.6) is 0 Å². The second-order valence-corrected chi connectivity index (χ2v) is 5.98. The van der Waals surface area contributed by atoms with Crippen molar-refractivity contribution in [1.82, 2.24) is 24.6 Å². The molecule has 1 aromatic heterocycles. The lowest BCUT2D eigenvalue weighted by Crippen LogP contribution is -2.55. The van der Waals surface area contributed by atoms with Crippen LogP contribution in [0, 0.1) is 0 Å². The fourth-order valence-corrected chi connectivity index (χ4v) is 3.05. The summed E-state index contributed by atoms with van der Waals surface area (Å²) in [6.45, 7) is 7.82. The average Bonchev–Trinajstić information content (AvgIpc) is 3.17. The van der Waals surface area contributed by atoms with Gasteiger partial charge in [-0.15, -0.1) is 0 Å². The third-order valence-electron chi connectivity index (χ3n) is 4.44. The molecule has 21 heavy (non-hydrogen) atoms. The molecule has 0 aromatic carbocycles. The number of piperazine rings is 1. The van der Waals surface area contributed by atoms with Gasteiger partial charge in [0.1, 0.15) is 18.3 Å². The summed E-state index contributed by atoms with van der Waals surface area (Å²) in [7, 11) is 0. The standard InChI is InChI=1S/C14H23N5O2/c1-14(3-2-10-21-14)13(20)18-7-4-17(5-8-18)6-9-19-12-15-11-16-19/h11-12H,2-10H2,1H3. The van der Waals surface area contributed by atoms with Gasteiger partial charge in [0.2, 0.25) is 0 Å². The summed E-state index contributed by atoms with van der Waals surface area (Å²) in [6.07, 6.45) is 5.12. The Morgan fingerprint density at radius 1 is 1.29 bits per heavy atom. The monoisotopic (exact) mass is 293 g/mol. The Bertz CT molecular complexity index is 462. The topological polar surface area (TPSA) is 63.5 Å². The molecular formula is C14H23N5O2. The van der Waals surface area contributed by atoms with E-state index < -0.39 is 5.60 Å². The van der Waals surface area contributed by atoms with Gasteiger partial charge in [-0.05, 0) is 19.8 Å². The molecule has 2 saturated heterocycles. The summed E-state index contributed by atoms with van der Waals surface area (Å²) < 4.78 is 7.49. The zero-order valence-corrected chi connectivity index (χ0v) is 12.6. The zero-order valence-electron chi connectivity index (χ0n) is 12.6. The molecular weight excluding hydrogens is 270 g/mol. The quantitative estimate of drug-likeness (QED) is 0.781. The van der Waals surface area contributed by atoms with Gasteiger partial charge in [0.25, 0.3) is 5.91 Å². The van der Waals surface area contributed by atoms with Gasteiger partial charge < -0.3 is 9.64 Å². The molecule has 3 heterocycles. The van der Waals surface area contributed by atoms with E-state index in [4.69, 9.17) is 4.74 Å². The van der Waals surface area contributed by atoms with Crippen molar-refractivity contribution in [3.63, 3.8) is 0 Å². The van der Waals surface area contributed by atoms with Gasteiger partial charge in [-0.3, -0.25) is 14.4 Å². The molecule has 3 rings (SSSR count). The summed E-state index contributed by atoms with van der Waals surface area (Å²) >= 11 is 0. The Balaban J connectivity index is 1.45. The first-order chi connectivity index (χ1) is 10.2. The highest BCUT2D eigenvalue weighted by atomic mass is 16.5. The minimum atomic E-state index is -0.580. The molecule has 1 aromatic rings. The minimum absolute atomic E-state index is 0.163. The Labute approximate surface area is 124 Å². The van der Waals surface area contributed by atoms with Crippen LogP contribution in [0.2, 0.25) is 0 Å². The number of carbonyl (C=O) groups is 1. The van der Waals surface area contributed by atoms with Crippen LogP contribution in [0.3, 0.4) is 0 Å². The SMILES string of the molecule is CC1(C(=O)N2CCN(CCn3cncn3)CC2)CCCO1. The lowest BCUT2D eigenvalue weighted by atomic mass is 10.0. The fourth-order valence-electron chi connectivity index (χ4n) is 3.05. The zero-order chi connectivity index (χ0) is 14.7. The van der Waals surface area contributed by atoms with Crippen LogP contribution in [0.25, 0.3) is 0 Å². The molecule has 0 radical (unpaired) electrons. The van der Waals surface area contributed by atoms with E-state index >= 15 is 0 Å². The maximum Gasteiger partial charge on any atom is 0.254 e. The maximum atomic E-state index is 12.5. The molecule has 2 fully saturated rings. The Morgan fingerprint density at radius 3 is 2.71 bits per heavy atom. The molecule has 1 unspecified atom stereocenters. The van der Waals surface area contributed by atoms with Gasteiger partial charge in [-0.1, -0.05) is 0 Å². The summed E-state index contributed by atoms with van der Waals surface area (Å²) in [5, 5.41) is 4.10. The Kier molecular flexibility index (Phi) is 4.21. The van der Waals surface area contributed by atoms with Crippen molar-refractivity contribution < 1.29 is 9.53 Å². The molecule has 0 bridgehead atoms. The number of ether oxygens (including phenoxy) is 1. The van der Waals surface area contributed by atoms with E-state index in [1.807, 2.05) is 16.5 Å². The molecule has 1 amide bonds. The highest BCUT2D eigenvalue weighted by Crippen LogP contribution is 2.27. The first-order valence-corrected chi connectivity index (χ1v) is 7.65. The van der Waals surface area contributed by atoms with Crippen LogP contribution in [-0.4, -0.2) is 75.4 Å². The molecule has 2 aliphatic rings. The second-order valence-electron chi connectivity index (χ2n) is 5.98. The van der Waals surface area contributed by atoms with Gasteiger partial charge in [0, 0.05) is 39.3 Å². The number of nitrogens with zero attached hydrogens (tertiary/aromatic N) is 5. The third kappa shape index (κ3) is 3.24. The van der Waals surface area contributed by atoms with E-state index in [1.54, 1.807) is 12.7 Å². The van der Waals surface area contributed by atoms with E-state index in [-0.39, 0.29) is 5.91 Å². The van der Waals surface area contributed by atoms with Crippen LogP contribution in [0.15, 0.2) is 12.7 Å². The predicted molar refractivity (Wildman–Crippen MR) is 76.6 cm³/mol. The first-order valence-electron chi connectivity index (χ1n) is 7.65. The number of hydrogen-bond acceptors (Lipinski definition) is 5. The van der Waals surface area contributed by atoms with Crippen LogP contribution < -0.4 is 0 Å². The smallest absolute Gasteiger partial charge is 0.254 e. The first kappa shape index (κ1) is 14.5. The van der Waals surface area contributed by atoms with Crippen molar-refractivity contribution in [3.8, 4) is 0 Å². The van der Waals surface area contributed by atoms with Crippen molar-refractivity contribution in [2.24, 2.45) is 0 Å². The second kappa shape index (κ2) is 6.11. The van der Waals surface area contributed by atoms with Crippen LogP contribution in [0.1, 0.15) is 19.8 Å². The number of aromatic nitrogens is 3. The molecule has 2 aliphatic heterocycles. The summed E-state index contributed by atoms with van der Waals surface area (Å²) in [4.78, 5) is 20.8. The number of amides is 1. The van der Waals surface area contributed by atoms with Crippen molar-refractivity contribution in [2.75, 3.05) is 39.3 Å². The molecule has 0 N–H and O–H groups in total. The van der Waals surface area contributed by atoms with Crippen molar-refractivity contribution in [1.29, 1.82) is 0 Å². The van der Waals surface area contributed by atoms with Crippen LogP contribution in [-0.2, 0) is 16.1 Å². The van der Waals surface area contributed by atoms with Gasteiger partial charge >= 0.3 is 0 Å². The highest BCUT2D eigenvalue weighted by molar-refractivity contribution is 5.85. The number of hydrogen-bond donors (Lipinski definition) is 0. The summed E-state index contributed by atoms with van der Waals surface area (Å²) in [5.41, 5.74) is -0.580. The molecule has 0 saturated carbocycles. The number of rotatable bonds is 4. The maximum absolute atomic E-state index is 12.5. The summed E-state index contributed by atoms with van der Waals surface area (Å²) in [5.74, 6) is 0.163. The Morgan fingerprint density at radius 2 is 2.10 bits per heavy atom. The van der Waals surface area contributed by atoms with Crippen molar-refractivity contribution in [2.45, 2.75) is 31.9 Å². The van der Waals surface area contributed by atoms with Gasteiger partial charge in [0.15, 0.2) is 0 Å². The molecule has 7 nitrogen and oxygen atoms in total. The van der Waals surface area contributed by atoms with Gasteiger partial charge in [-0.25, -0.2) is 4.98 Å². The van der Waals surface area contributed by atoms with E-state index in [9.17, 15) is 4.79 Å². The van der Waals surface area contributed by atoms with Gasteiger partial charge in [-0.2, -0.15) is 5.10 Å². The minimum Gasteiger partial charge on any atom is -0.365 e. The average molecular weight is 293 g/mol. The van der Waals surface area contributed by atoms with E-state index in [0.29, 0.717) is 6.61 Å².